The molecular weight excluding hydrogens is 505 g/mol. The highest BCUT2D eigenvalue weighted by molar-refractivity contribution is 8.03. The Bertz CT molecular complexity index is 1180. The van der Waals surface area contributed by atoms with Gasteiger partial charge in [0.1, 0.15) is 11.5 Å². The molecule has 37 heavy (non-hydrogen) atoms. The third kappa shape index (κ3) is 8.15. The van der Waals surface area contributed by atoms with E-state index in [9.17, 15) is 13.2 Å². The number of halogens is 3. The number of alkyl halides is 3. The van der Waals surface area contributed by atoms with Crippen LogP contribution in [-0.2, 0) is 10.9 Å². The van der Waals surface area contributed by atoms with Gasteiger partial charge >= 0.3 is 6.18 Å². The summed E-state index contributed by atoms with van der Waals surface area (Å²) in [4.78, 5) is 13.7. The number of nitrogens with two attached hydrogens (primary N) is 1. The van der Waals surface area contributed by atoms with Gasteiger partial charge in [-0.3, -0.25) is 5.10 Å². The number of rotatable bonds is 7. The Morgan fingerprint density at radius 2 is 1.89 bits per heavy atom. The van der Waals surface area contributed by atoms with E-state index in [0.29, 0.717) is 46.2 Å². The van der Waals surface area contributed by atoms with Gasteiger partial charge in [0.25, 0.3) is 0 Å². The van der Waals surface area contributed by atoms with Crippen molar-refractivity contribution in [2.75, 3.05) is 38.5 Å². The minimum atomic E-state index is -4.39. The van der Waals surface area contributed by atoms with Crippen LogP contribution in [0.1, 0.15) is 18.2 Å². The maximum atomic E-state index is 12.9. The molecular formula is C24H29F3N8OS. The highest BCUT2D eigenvalue weighted by Crippen LogP contribution is 2.32. The van der Waals surface area contributed by atoms with Gasteiger partial charge in [-0.25, -0.2) is 4.99 Å². The van der Waals surface area contributed by atoms with E-state index < -0.39 is 11.7 Å². The lowest BCUT2D eigenvalue weighted by Crippen LogP contribution is -2.47. The second-order valence-corrected chi connectivity index (χ2v) is 9.09. The van der Waals surface area contributed by atoms with Gasteiger partial charge in [0.2, 0.25) is 11.9 Å². The first kappa shape index (κ1) is 27.9. The number of H-pyrrole nitrogens is 1. The van der Waals surface area contributed by atoms with Crippen LogP contribution in [0.2, 0.25) is 0 Å². The standard InChI is InChI=1S/C24H29F3N8OS/c1-5-20(36-6-2)19-15-21(33-32-19)30-22(28)31-23(35-13-11-34(4)12-14-35)29-16(3)37-18-9-7-17(8-10-18)24(25,26)27/h5-10,15H,2-3,11-14H2,1,4H3,(H4,28,29,30,31,32,33)/b20-5-. The van der Waals surface area contributed by atoms with Crippen molar-refractivity contribution in [2.45, 2.75) is 18.0 Å². The number of aromatic nitrogens is 2. The number of aromatic amines is 1. The van der Waals surface area contributed by atoms with Crippen molar-refractivity contribution < 1.29 is 17.9 Å². The number of piperazine rings is 1. The molecule has 0 bridgehead atoms. The van der Waals surface area contributed by atoms with Crippen LogP contribution in [0, 0.1) is 0 Å². The first-order valence-electron chi connectivity index (χ1n) is 11.3. The predicted molar refractivity (Wildman–Crippen MR) is 142 cm³/mol. The summed E-state index contributed by atoms with van der Waals surface area (Å²) in [6, 6.07) is 6.52. The number of benzene rings is 1. The summed E-state index contributed by atoms with van der Waals surface area (Å²) in [7, 11) is 2.02. The minimum absolute atomic E-state index is 0.0507. The van der Waals surface area contributed by atoms with Crippen molar-refractivity contribution in [3.05, 3.63) is 72.1 Å². The van der Waals surface area contributed by atoms with E-state index in [1.54, 1.807) is 12.1 Å². The van der Waals surface area contributed by atoms with E-state index in [1.807, 2.05) is 18.9 Å². The quantitative estimate of drug-likeness (QED) is 0.207. The first-order valence-corrected chi connectivity index (χ1v) is 12.1. The van der Waals surface area contributed by atoms with Gasteiger partial charge in [-0.1, -0.05) is 24.9 Å². The summed E-state index contributed by atoms with van der Waals surface area (Å²) in [5.74, 6) is 1.35. The number of guanidine groups is 2. The molecule has 0 spiro atoms. The average molecular weight is 535 g/mol. The number of nitrogens with zero attached hydrogens (tertiary/aromatic N) is 5. The molecule has 0 aliphatic carbocycles. The van der Waals surface area contributed by atoms with Crippen LogP contribution in [0.25, 0.3) is 5.76 Å². The SMILES string of the molecule is C=CO/C(=C\C)c1cc(NC(N)=NC(=NC(=C)Sc2ccc(C(F)(F)F)cc2)N2CCN(C)CC2)n[nH]1. The smallest absolute Gasteiger partial charge is 0.416 e. The number of aliphatic imine (C=N–C) groups is 2. The molecule has 3 rings (SSSR count). The molecule has 13 heteroatoms. The van der Waals surface area contributed by atoms with Crippen LogP contribution < -0.4 is 11.1 Å². The minimum Gasteiger partial charge on any atom is -0.464 e. The summed E-state index contributed by atoms with van der Waals surface area (Å²) in [6.07, 6.45) is -1.32. The molecule has 198 valence electrons. The topological polar surface area (TPSA) is 107 Å². The van der Waals surface area contributed by atoms with Gasteiger partial charge in [0, 0.05) is 37.1 Å². The molecule has 1 saturated heterocycles. The fourth-order valence-corrected chi connectivity index (χ4v) is 3.98. The predicted octanol–water partition coefficient (Wildman–Crippen LogP) is 4.54. The average Bonchev–Trinajstić information content (AvgIpc) is 3.30. The number of nitrogens with one attached hydrogen (secondary N) is 2. The highest BCUT2D eigenvalue weighted by Gasteiger charge is 2.30. The zero-order chi connectivity index (χ0) is 27.0. The van der Waals surface area contributed by atoms with E-state index in [4.69, 9.17) is 10.5 Å². The Morgan fingerprint density at radius 3 is 2.49 bits per heavy atom. The van der Waals surface area contributed by atoms with Crippen molar-refractivity contribution in [3.63, 3.8) is 0 Å². The summed E-state index contributed by atoms with van der Waals surface area (Å²) in [5.41, 5.74) is 6.07. The highest BCUT2D eigenvalue weighted by atomic mass is 32.2. The second kappa shape index (κ2) is 12.5. The molecule has 1 aromatic heterocycles. The Morgan fingerprint density at radius 1 is 1.22 bits per heavy atom. The van der Waals surface area contributed by atoms with Crippen molar-refractivity contribution in [1.82, 2.24) is 20.0 Å². The molecule has 1 aromatic carbocycles. The Hall–Kier alpha value is -3.71. The van der Waals surface area contributed by atoms with Gasteiger partial charge in [0.15, 0.2) is 5.82 Å². The number of anilines is 1. The third-order valence-electron chi connectivity index (χ3n) is 5.22. The zero-order valence-corrected chi connectivity index (χ0v) is 21.4. The van der Waals surface area contributed by atoms with E-state index in [0.717, 1.165) is 37.0 Å². The fraction of sp³-hybridized carbons (Fsp3) is 0.292. The molecule has 9 nitrogen and oxygen atoms in total. The van der Waals surface area contributed by atoms with E-state index in [-0.39, 0.29) is 5.96 Å². The lowest BCUT2D eigenvalue weighted by atomic mass is 10.2. The monoisotopic (exact) mass is 534 g/mol. The molecule has 0 amide bonds. The molecule has 1 aliphatic rings. The maximum absolute atomic E-state index is 12.9. The third-order valence-corrected chi connectivity index (χ3v) is 6.06. The number of ether oxygens (including phenoxy) is 1. The van der Waals surface area contributed by atoms with Crippen molar-refractivity contribution >= 4 is 35.3 Å². The van der Waals surface area contributed by atoms with Crippen LogP contribution in [0.3, 0.4) is 0 Å². The Labute approximate surface area is 217 Å². The molecule has 2 heterocycles. The summed E-state index contributed by atoms with van der Waals surface area (Å²) in [5, 5.41) is 10.3. The summed E-state index contributed by atoms with van der Waals surface area (Å²) in [6.45, 7) is 12.3. The van der Waals surface area contributed by atoms with Crippen molar-refractivity contribution in [2.24, 2.45) is 15.7 Å². The largest absolute Gasteiger partial charge is 0.464 e. The number of thioether (sulfide) groups is 1. The summed E-state index contributed by atoms with van der Waals surface area (Å²) >= 11 is 1.14. The van der Waals surface area contributed by atoms with Crippen LogP contribution in [0.5, 0.6) is 0 Å². The number of hydrogen-bond donors (Lipinski definition) is 3. The van der Waals surface area contributed by atoms with Gasteiger partial charge in [-0.05, 0) is 44.3 Å². The number of likely N-dealkylation sites (N-methyl/N-ethyl adjacent to an activating group) is 1. The number of allylic oxidation sites excluding steroid dienone is 1. The molecule has 1 fully saturated rings. The van der Waals surface area contributed by atoms with E-state index in [2.05, 4.69) is 43.6 Å². The lowest BCUT2D eigenvalue weighted by molar-refractivity contribution is -0.137. The molecule has 0 atom stereocenters. The normalized spacial score (nSPS) is 16.0. The zero-order valence-electron chi connectivity index (χ0n) is 20.5. The van der Waals surface area contributed by atoms with Crippen LogP contribution in [0.15, 0.2) is 75.7 Å². The Balaban J connectivity index is 1.78. The van der Waals surface area contributed by atoms with Gasteiger partial charge in [-0.2, -0.15) is 23.3 Å². The number of hydrogen-bond acceptors (Lipinski definition) is 5. The maximum Gasteiger partial charge on any atom is 0.416 e. The van der Waals surface area contributed by atoms with Crippen LogP contribution in [0.4, 0.5) is 19.0 Å². The molecule has 0 saturated carbocycles. The van der Waals surface area contributed by atoms with Gasteiger partial charge in [-0.15, -0.1) is 0 Å². The van der Waals surface area contributed by atoms with Crippen molar-refractivity contribution in [3.8, 4) is 0 Å². The van der Waals surface area contributed by atoms with Crippen LogP contribution in [-0.4, -0.2) is 65.1 Å². The molecule has 0 unspecified atom stereocenters. The lowest BCUT2D eigenvalue weighted by Gasteiger charge is -2.33. The van der Waals surface area contributed by atoms with Crippen LogP contribution >= 0.6 is 11.8 Å². The van der Waals surface area contributed by atoms with E-state index >= 15 is 0 Å². The van der Waals surface area contributed by atoms with E-state index in [1.165, 1.54) is 18.4 Å². The van der Waals surface area contributed by atoms with Crippen molar-refractivity contribution in [1.29, 1.82) is 0 Å². The summed E-state index contributed by atoms with van der Waals surface area (Å²) < 4.78 is 43.9. The van der Waals surface area contributed by atoms with Gasteiger partial charge in [0.05, 0.1) is 16.9 Å². The fourth-order valence-electron chi connectivity index (χ4n) is 3.31. The Kier molecular flexibility index (Phi) is 9.42. The van der Waals surface area contributed by atoms with Gasteiger partial charge < -0.3 is 25.6 Å². The first-order chi connectivity index (χ1) is 17.6. The molecule has 2 aromatic rings. The second-order valence-electron chi connectivity index (χ2n) is 7.95. The molecule has 0 radical (unpaired) electrons. The molecule has 4 N–H and O–H groups in total. The molecule has 1 aliphatic heterocycles.